The van der Waals surface area contributed by atoms with Crippen LogP contribution in [0.25, 0.3) is 0 Å². The Balaban J connectivity index is 1.59. The fourth-order valence-corrected chi connectivity index (χ4v) is 3.17. The molecule has 1 aliphatic heterocycles. The summed E-state index contributed by atoms with van der Waals surface area (Å²) in [6, 6.07) is 10.1. The molecule has 0 saturated carbocycles. The SMILES string of the molecule is CCNC(=NCc1cccnc1N1CCOCC1)NCC(C)Oc1cccc(F)c1. The molecule has 1 aromatic carbocycles. The summed E-state index contributed by atoms with van der Waals surface area (Å²) < 4.78 is 24.5. The number of ether oxygens (including phenoxy) is 2. The molecule has 0 aliphatic carbocycles. The molecule has 0 spiro atoms. The number of benzene rings is 1. The summed E-state index contributed by atoms with van der Waals surface area (Å²) in [4.78, 5) is 11.5. The molecule has 162 valence electrons. The van der Waals surface area contributed by atoms with E-state index in [1.165, 1.54) is 12.1 Å². The predicted molar refractivity (Wildman–Crippen MR) is 117 cm³/mol. The van der Waals surface area contributed by atoms with Gasteiger partial charge in [0.05, 0.1) is 26.3 Å². The van der Waals surface area contributed by atoms with Crippen molar-refractivity contribution in [2.75, 3.05) is 44.3 Å². The van der Waals surface area contributed by atoms with Gasteiger partial charge in [-0.05, 0) is 32.0 Å². The zero-order valence-corrected chi connectivity index (χ0v) is 17.6. The number of anilines is 1. The molecule has 30 heavy (non-hydrogen) atoms. The number of aromatic nitrogens is 1. The molecule has 7 nitrogen and oxygen atoms in total. The van der Waals surface area contributed by atoms with E-state index in [1.54, 1.807) is 12.1 Å². The first-order valence-corrected chi connectivity index (χ1v) is 10.4. The van der Waals surface area contributed by atoms with Crippen LogP contribution in [0, 0.1) is 5.82 Å². The second-order valence-corrected chi connectivity index (χ2v) is 7.05. The van der Waals surface area contributed by atoms with Gasteiger partial charge in [-0.1, -0.05) is 12.1 Å². The van der Waals surface area contributed by atoms with E-state index >= 15 is 0 Å². The van der Waals surface area contributed by atoms with Gasteiger partial charge in [0, 0.05) is 37.5 Å². The maximum Gasteiger partial charge on any atom is 0.191 e. The maximum atomic E-state index is 13.3. The lowest BCUT2D eigenvalue weighted by Crippen LogP contribution is -2.42. The van der Waals surface area contributed by atoms with Gasteiger partial charge in [-0.15, -0.1) is 0 Å². The summed E-state index contributed by atoms with van der Waals surface area (Å²) >= 11 is 0. The molecule has 2 heterocycles. The maximum absolute atomic E-state index is 13.3. The number of morpholine rings is 1. The van der Waals surface area contributed by atoms with Gasteiger partial charge in [-0.25, -0.2) is 14.4 Å². The van der Waals surface area contributed by atoms with E-state index in [9.17, 15) is 4.39 Å². The van der Waals surface area contributed by atoms with Crippen molar-refractivity contribution in [3.05, 3.63) is 54.0 Å². The number of nitrogens with zero attached hydrogens (tertiary/aromatic N) is 3. The lowest BCUT2D eigenvalue weighted by Gasteiger charge is -2.29. The van der Waals surface area contributed by atoms with Crippen molar-refractivity contribution in [2.45, 2.75) is 26.5 Å². The molecule has 1 aromatic heterocycles. The van der Waals surface area contributed by atoms with E-state index < -0.39 is 0 Å². The van der Waals surface area contributed by atoms with Gasteiger partial charge >= 0.3 is 0 Å². The van der Waals surface area contributed by atoms with Gasteiger partial charge in [0.2, 0.25) is 0 Å². The number of guanidine groups is 1. The van der Waals surface area contributed by atoms with Gasteiger partial charge in [0.1, 0.15) is 23.5 Å². The van der Waals surface area contributed by atoms with E-state index in [0.29, 0.717) is 38.0 Å². The highest BCUT2D eigenvalue weighted by atomic mass is 19.1. The van der Waals surface area contributed by atoms with E-state index in [-0.39, 0.29) is 11.9 Å². The van der Waals surface area contributed by atoms with Gasteiger partial charge in [0.15, 0.2) is 5.96 Å². The van der Waals surface area contributed by atoms with Crippen LogP contribution in [0.1, 0.15) is 19.4 Å². The van der Waals surface area contributed by atoms with Crippen LogP contribution in [0.15, 0.2) is 47.6 Å². The molecule has 0 radical (unpaired) electrons. The second kappa shape index (κ2) is 11.3. The Bertz CT molecular complexity index is 827. The van der Waals surface area contributed by atoms with Crippen molar-refractivity contribution in [3.63, 3.8) is 0 Å². The molecule has 2 N–H and O–H groups in total. The highest BCUT2D eigenvalue weighted by Gasteiger charge is 2.15. The Hall–Kier alpha value is -2.87. The summed E-state index contributed by atoms with van der Waals surface area (Å²) in [5.74, 6) is 1.86. The average Bonchev–Trinajstić information content (AvgIpc) is 2.76. The molecule has 1 aliphatic rings. The van der Waals surface area contributed by atoms with Crippen molar-refractivity contribution in [1.82, 2.24) is 15.6 Å². The third-order valence-corrected chi connectivity index (χ3v) is 4.62. The van der Waals surface area contributed by atoms with Crippen molar-refractivity contribution in [3.8, 4) is 5.75 Å². The summed E-state index contributed by atoms with van der Waals surface area (Å²) in [7, 11) is 0. The molecule has 1 fully saturated rings. The quantitative estimate of drug-likeness (QED) is 0.510. The van der Waals surface area contributed by atoms with Gasteiger partial charge in [-0.2, -0.15) is 0 Å². The Kier molecular flexibility index (Phi) is 8.26. The summed E-state index contributed by atoms with van der Waals surface area (Å²) in [6.45, 7) is 8.84. The third-order valence-electron chi connectivity index (χ3n) is 4.62. The van der Waals surface area contributed by atoms with Gasteiger partial charge < -0.3 is 25.0 Å². The van der Waals surface area contributed by atoms with Crippen molar-refractivity contribution >= 4 is 11.8 Å². The molecular weight excluding hydrogens is 385 g/mol. The van der Waals surface area contributed by atoms with Crippen molar-refractivity contribution in [2.24, 2.45) is 4.99 Å². The van der Waals surface area contributed by atoms with Crippen LogP contribution >= 0.6 is 0 Å². The predicted octanol–water partition coefficient (Wildman–Crippen LogP) is 2.58. The van der Waals surface area contributed by atoms with E-state index in [1.807, 2.05) is 26.1 Å². The lowest BCUT2D eigenvalue weighted by atomic mass is 10.2. The fourth-order valence-electron chi connectivity index (χ4n) is 3.17. The van der Waals surface area contributed by atoms with Crippen LogP contribution < -0.4 is 20.3 Å². The van der Waals surface area contributed by atoms with E-state index in [4.69, 9.17) is 14.5 Å². The molecule has 1 atom stereocenters. The van der Waals surface area contributed by atoms with Crippen LogP contribution in [-0.2, 0) is 11.3 Å². The molecular formula is C22H30FN5O2. The highest BCUT2D eigenvalue weighted by Crippen LogP contribution is 2.19. The number of pyridine rings is 1. The molecule has 0 amide bonds. The topological polar surface area (TPSA) is 71.0 Å². The minimum atomic E-state index is -0.310. The largest absolute Gasteiger partial charge is 0.489 e. The van der Waals surface area contributed by atoms with Crippen molar-refractivity contribution < 1.29 is 13.9 Å². The Morgan fingerprint density at radius 3 is 2.87 bits per heavy atom. The van der Waals surface area contributed by atoms with Crippen LogP contribution in [0.4, 0.5) is 10.2 Å². The van der Waals surface area contributed by atoms with Crippen molar-refractivity contribution in [1.29, 1.82) is 0 Å². The molecule has 8 heteroatoms. The van der Waals surface area contributed by atoms with Crippen LogP contribution in [0.5, 0.6) is 5.75 Å². The number of hydrogen-bond acceptors (Lipinski definition) is 5. The normalized spacial score (nSPS) is 15.6. The molecule has 2 aromatic rings. The van der Waals surface area contributed by atoms with Crippen LogP contribution in [-0.4, -0.2) is 56.4 Å². The monoisotopic (exact) mass is 415 g/mol. The smallest absolute Gasteiger partial charge is 0.191 e. The van der Waals surface area contributed by atoms with E-state index in [2.05, 4.69) is 26.6 Å². The minimum absolute atomic E-state index is 0.155. The Labute approximate surface area is 177 Å². The average molecular weight is 416 g/mol. The lowest BCUT2D eigenvalue weighted by molar-refractivity contribution is 0.122. The third kappa shape index (κ3) is 6.59. The molecule has 3 rings (SSSR count). The first kappa shape index (κ1) is 21.8. The molecule has 1 saturated heterocycles. The Morgan fingerprint density at radius 2 is 2.10 bits per heavy atom. The highest BCUT2D eigenvalue weighted by molar-refractivity contribution is 5.79. The summed E-state index contributed by atoms with van der Waals surface area (Å²) in [5, 5.41) is 6.54. The number of rotatable bonds is 8. The van der Waals surface area contributed by atoms with Crippen LogP contribution in [0.3, 0.4) is 0 Å². The number of halogens is 1. The summed E-state index contributed by atoms with van der Waals surface area (Å²) in [5.41, 5.74) is 1.07. The number of nitrogens with one attached hydrogen (secondary N) is 2. The number of aliphatic imine (C=N–C) groups is 1. The Morgan fingerprint density at radius 1 is 1.27 bits per heavy atom. The van der Waals surface area contributed by atoms with E-state index in [0.717, 1.165) is 31.0 Å². The molecule has 0 bridgehead atoms. The molecule has 1 unspecified atom stereocenters. The first-order chi connectivity index (χ1) is 14.7. The zero-order chi connectivity index (χ0) is 21.2. The van der Waals surface area contributed by atoms with Gasteiger partial charge in [0.25, 0.3) is 0 Å². The fraction of sp³-hybridized carbons (Fsp3) is 0.455. The van der Waals surface area contributed by atoms with Gasteiger partial charge in [-0.3, -0.25) is 0 Å². The standard InChI is InChI=1S/C22H30FN5O2/c1-3-24-22(26-15-17(2)30-20-8-4-7-19(23)14-20)27-16-18-6-5-9-25-21(18)28-10-12-29-13-11-28/h4-9,14,17H,3,10-13,15-16H2,1-2H3,(H2,24,26,27). The first-order valence-electron chi connectivity index (χ1n) is 10.4. The second-order valence-electron chi connectivity index (χ2n) is 7.05. The van der Waals surface area contributed by atoms with Crippen LogP contribution in [0.2, 0.25) is 0 Å². The number of hydrogen-bond donors (Lipinski definition) is 2. The minimum Gasteiger partial charge on any atom is -0.489 e. The summed E-state index contributed by atoms with van der Waals surface area (Å²) in [6.07, 6.45) is 1.66. The zero-order valence-electron chi connectivity index (χ0n) is 17.6.